The first kappa shape index (κ1) is 12.9. The van der Waals surface area contributed by atoms with Crippen LogP contribution in [0.2, 0.25) is 0 Å². The van der Waals surface area contributed by atoms with Crippen molar-refractivity contribution in [2.75, 3.05) is 42.5 Å². The lowest BCUT2D eigenvalue weighted by atomic mass is 10.2. The standard InChI is InChI=1S/C14H18N4O2/c19-13-5-8-18(14(20)16-13)12-3-1-11(2-4-12)17-9-6-15-7-10-17/h1-4,15H,5-10H2,(H,16,19,20). The number of urea groups is 1. The van der Waals surface area contributed by atoms with E-state index in [4.69, 9.17) is 0 Å². The normalized spacial score (nSPS) is 20.0. The molecule has 3 rings (SSSR count). The number of nitrogens with one attached hydrogen (secondary N) is 2. The summed E-state index contributed by atoms with van der Waals surface area (Å²) in [7, 11) is 0. The predicted octanol–water partition coefficient (Wildman–Crippen LogP) is 0.542. The van der Waals surface area contributed by atoms with Gasteiger partial charge in [-0.3, -0.25) is 15.0 Å². The Labute approximate surface area is 117 Å². The van der Waals surface area contributed by atoms with Crippen LogP contribution in [0, 0.1) is 0 Å². The fraction of sp³-hybridized carbons (Fsp3) is 0.429. The lowest BCUT2D eigenvalue weighted by Gasteiger charge is -2.30. The van der Waals surface area contributed by atoms with Gasteiger partial charge in [0.2, 0.25) is 5.91 Å². The quantitative estimate of drug-likeness (QED) is 0.826. The number of carbonyl (C=O) groups is 2. The second-order valence-corrected chi connectivity index (χ2v) is 5.01. The highest BCUT2D eigenvalue weighted by atomic mass is 16.2. The van der Waals surface area contributed by atoms with Gasteiger partial charge in [-0.2, -0.15) is 0 Å². The van der Waals surface area contributed by atoms with Crippen LogP contribution in [-0.4, -0.2) is 44.7 Å². The lowest BCUT2D eigenvalue weighted by molar-refractivity contribution is -0.120. The van der Waals surface area contributed by atoms with Gasteiger partial charge in [0.1, 0.15) is 0 Å². The third kappa shape index (κ3) is 2.60. The van der Waals surface area contributed by atoms with Crippen molar-refractivity contribution in [3.8, 4) is 0 Å². The van der Waals surface area contributed by atoms with Gasteiger partial charge in [-0.25, -0.2) is 4.79 Å². The molecule has 0 saturated carbocycles. The number of anilines is 2. The Hall–Kier alpha value is -2.08. The minimum Gasteiger partial charge on any atom is -0.369 e. The Kier molecular flexibility index (Phi) is 3.56. The van der Waals surface area contributed by atoms with Crippen molar-refractivity contribution in [2.24, 2.45) is 0 Å². The zero-order valence-corrected chi connectivity index (χ0v) is 11.3. The van der Waals surface area contributed by atoms with Crippen LogP contribution in [0.5, 0.6) is 0 Å². The minimum absolute atomic E-state index is 0.205. The van der Waals surface area contributed by atoms with Crippen molar-refractivity contribution >= 4 is 23.3 Å². The smallest absolute Gasteiger partial charge is 0.328 e. The first-order valence-electron chi connectivity index (χ1n) is 6.91. The summed E-state index contributed by atoms with van der Waals surface area (Å²) < 4.78 is 0. The molecule has 2 aliphatic rings. The fourth-order valence-electron chi connectivity index (χ4n) is 2.58. The maximum Gasteiger partial charge on any atom is 0.328 e. The average Bonchev–Trinajstić information content (AvgIpc) is 2.48. The van der Waals surface area contributed by atoms with Gasteiger partial charge in [-0.15, -0.1) is 0 Å². The summed E-state index contributed by atoms with van der Waals surface area (Å²) in [5.74, 6) is -0.205. The number of nitrogens with zero attached hydrogens (tertiary/aromatic N) is 2. The van der Waals surface area contributed by atoms with Gasteiger partial charge in [0.25, 0.3) is 0 Å². The molecule has 1 aromatic carbocycles. The molecule has 0 aromatic heterocycles. The van der Waals surface area contributed by atoms with Crippen molar-refractivity contribution in [1.29, 1.82) is 0 Å². The van der Waals surface area contributed by atoms with Crippen LogP contribution >= 0.6 is 0 Å². The van der Waals surface area contributed by atoms with Gasteiger partial charge in [-0.1, -0.05) is 0 Å². The Balaban J connectivity index is 1.72. The lowest BCUT2D eigenvalue weighted by Crippen LogP contribution is -2.49. The summed E-state index contributed by atoms with van der Waals surface area (Å²) in [6.45, 7) is 4.44. The van der Waals surface area contributed by atoms with Gasteiger partial charge >= 0.3 is 6.03 Å². The highest BCUT2D eigenvalue weighted by Gasteiger charge is 2.24. The van der Waals surface area contributed by atoms with E-state index in [1.165, 1.54) is 5.69 Å². The van der Waals surface area contributed by atoms with Crippen molar-refractivity contribution < 1.29 is 9.59 Å². The number of carbonyl (C=O) groups excluding carboxylic acids is 2. The summed E-state index contributed by atoms with van der Waals surface area (Å²) in [6.07, 6.45) is 0.352. The zero-order chi connectivity index (χ0) is 13.9. The van der Waals surface area contributed by atoms with Crippen LogP contribution < -0.4 is 20.4 Å². The predicted molar refractivity (Wildman–Crippen MR) is 77.0 cm³/mol. The van der Waals surface area contributed by atoms with E-state index in [1.54, 1.807) is 4.90 Å². The molecule has 2 N–H and O–H groups in total. The van der Waals surface area contributed by atoms with Gasteiger partial charge in [0.15, 0.2) is 0 Å². The molecular formula is C14H18N4O2. The van der Waals surface area contributed by atoms with E-state index in [9.17, 15) is 9.59 Å². The molecule has 6 nitrogen and oxygen atoms in total. The highest BCUT2D eigenvalue weighted by Crippen LogP contribution is 2.22. The van der Waals surface area contributed by atoms with E-state index >= 15 is 0 Å². The van der Waals surface area contributed by atoms with E-state index in [1.807, 2.05) is 24.3 Å². The monoisotopic (exact) mass is 274 g/mol. The molecule has 0 bridgehead atoms. The van der Waals surface area contributed by atoms with E-state index < -0.39 is 0 Å². The fourth-order valence-corrected chi connectivity index (χ4v) is 2.58. The molecule has 0 radical (unpaired) electrons. The molecule has 2 heterocycles. The van der Waals surface area contributed by atoms with Crippen LogP contribution in [0.3, 0.4) is 0 Å². The first-order chi connectivity index (χ1) is 9.74. The Bertz CT molecular complexity index is 508. The van der Waals surface area contributed by atoms with E-state index in [0.29, 0.717) is 13.0 Å². The van der Waals surface area contributed by atoms with Crippen molar-refractivity contribution in [2.45, 2.75) is 6.42 Å². The average molecular weight is 274 g/mol. The van der Waals surface area contributed by atoms with Gasteiger partial charge < -0.3 is 10.2 Å². The third-order valence-electron chi connectivity index (χ3n) is 3.70. The number of imide groups is 1. The first-order valence-corrected chi connectivity index (χ1v) is 6.91. The molecule has 0 aliphatic carbocycles. The van der Waals surface area contributed by atoms with Crippen LogP contribution in [0.4, 0.5) is 16.2 Å². The second kappa shape index (κ2) is 5.50. The minimum atomic E-state index is -0.337. The van der Waals surface area contributed by atoms with Crippen molar-refractivity contribution in [3.05, 3.63) is 24.3 Å². The molecule has 20 heavy (non-hydrogen) atoms. The SMILES string of the molecule is O=C1CCN(c2ccc(N3CCNCC3)cc2)C(=O)N1. The summed E-state index contributed by atoms with van der Waals surface area (Å²) in [6, 6.07) is 7.60. The number of benzene rings is 1. The van der Waals surface area contributed by atoms with Crippen LogP contribution in [0.25, 0.3) is 0 Å². The molecule has 1 aromatic rings. The molecule has 0 atom stereocenters. The van der Waals surface area contributed by atoms with Gasteiger partial charge in [0, 0.05) is 50.5 Å². The van der Waals surface area contributed by atoms with Crippen molar-refractivity contribution in [3.63, 3.8) is 0 Å². The molecular weight excluding hydrogens is 256 g/mol. The van der Waals surface area contributed by atoms with E-state index in [0.717, 1.165) is 31.9 Å². The second-order valence-electron chi connectivity index (χ2n) is 5.01. The molecule has 2 saturated heterocycles. The molecule has 3 amide bonds. The van der Waals surface area contributed by atoms with E-state index in [2.05, 4.69) is 15.5 Å². The Morgan fingerprint density at radius 2 is 1.55 bits per heavy atom. The number of hydrogen-bond donors (Lipinski definition) is 2. The summed E-state index contributed by atoms with van der Waals surface area (Å²) >= 11 is 0. The van der Waals surface area contributed by atoms with Gasteiger partial charge in [0.05, 0.1) is 0 Å². The topological polar surface area (TPSA) is 64.7 Å². The van der Waals surface area contributed by atoms with E-state index in [-0.39, 0.29) is 11.9 Å². The van der Waals surface area contributed by atoms with Crippen LogP contribution in [0.1, 0.15) is 6.42 Å². The maximum absolute atomic E-state index is 11.8. The molecule has 2 aliphatic heterocycles. The summed E-state index contributed by atoms with van der Waals surface area (Å²) in [4.78, 5) is 26.8. The van der Waals surface area contributed by atoms with Crippen LogP contribution in [-0.2, 0) is 4.79 Å². The number of rotatable bonds is 2. The van der Waals surface area contributed by atoms with Crippen molar-refractivity contribution in [1.82, 2.24) is 10.6 Å². The maximum atomic E-state index is 11.8. The largest absolute Gasteiger partial charge is 0.369 e. The Morgan fingerprint density at radius 3 is 2.20 bits per heavy atom. The Morgan fingerprint density at radius 1 is 0.900 bits per heavy atom. The van der Waals surface area contributed by atoms with Crippen LogP contribution in [0.15, 0.2) is 24.3 Å². The number of piperazine rings is 1. The molecule has 6 heteroatoms. The summed E-state index contributed by atoms with van der Waals surface area (Å²) in [5, 5.41) is 5.66. The molecule has 0 unspecified atom stereocenters. The number of hydrogen-bond acceptors (Lipinski definition) is 4. The third-order valence-corrected chi connectivity index (χ3v) is 3.70. The highest BCUT2D eigenvalue weighted by molar-refractivity contribution is 6.05. The van der Waals surface area contributed by atoms with Gasteiger partial charge in [-0.05, 0) is 24.3 Å². The number of amides is 3. The molecule has 0 spiro atoms. The molecule has 106 valence electrons. The zero-order valence-electron chi connectivity index (χ0n) is 11.3. The summed E-state index contributed by atoms with van der Waals surface area (Å²) in [5.41, 5.74) is 2.00. The molecule has 2 fully saturated rings.